The predicted octanol–water partition coefficient (Wildman–Crippen LogP) is 3.11. The van der Waals surface area contributed by atoms with E-state index in [2.05, 4.69) is 10.3 Å². The lowest BCUT2D eigenvalue weighted by molar-refractivity contribution is 0.199. The summed E-state index contributed by atoms with van der Waals surface area (Å²) in [5, 5.41) is 3.24. The van der Waals surface area contributed by atoms with Crippen molar-refractivity contribution in [1.82, 2.24) is 10.3 Å². The molecule has 0 aliphatic heterocycles. The highest BCUT2D eigenvalue weighted by Crippen LogP contribution is 2.22. The van der Waals surface area contributed by atoms with Crippen molar-refractivity contribution in [3.63, 3.8) is 0 Å². The zero-order valence-electron chi connectivity index (χ0n) is 11.3. The van der Waals surface area contributed by atoms with Crippen molar-refractivity contribution in [3.05, 3.63) is 45.4 Å². The van der Waals surface area contributed by atoms with E-state index in [9.17, 15) is 0 Å². The summed E-state index contributed by atoms with van der Waals surface area (Å²) >= 11 is 7.39. The van der Waals surface area contributed by atoms with Crippen LogP contribution in [-0.2, 0) is 17.9 Å². The van der Waals surface area contributed by atoms with Crippen molar-refractivity contribution in [2.24, 2.45) is 0 Å². The van der Waals surface area contributed by atoms with Crippen molar-refractivity contribution in [2.75, 3.05) is 20.3 Å². The Morgan fingerprint density at radius 1 is 1.30 bits per heavy atom. The van der Waals surface area contributed by atoms with Gasteiger partial charge in [-0.1, -0.05) is 11.6 Å². The van der Waals surface area contributed by atoms with Gasteiger partial charge in [-0.2, -0.15) is 0 Å². The molecule has 0 aliphatic carbocycles. The van der Waals surface area contributed by atoms with Crippen molar-refractivity contribution in [3.8, 4) is 5.75 Å². The van der Waals surface area contributed by atoms with Crippen LogP contribution in [0, 0.1) is 0 Å². The maximum atomic E-state index is 5.87. The minimum atomic E-state index is 0.518. The largest absolute Gasteiger partial charge is 0.486 e. The van der Waals surface area contributed by atoms with Gasteiger partial charge in [0.05, 0.1) is 22.8 Å². The van der Waals surface area contributed by atoms with Crippen molar-refractivity contribution < 1.29 is 9.47 Å². The van der Waals surface area contributed by atoms with Crippen LogP contribution in [0.5, 0.6) is 5.75 Å². The first-order valence-electron chi connectivity index (χ1n) is 6.29. The maximum absolute atomic E-state index is 5.87. The molecule has 0 atom stereocenters. The number of thiophene rings is 1. The molecule has 0 unspecified atom stereocenters. The first-order chi connectivity index (χ1) is 9.78. The zero-order valence-corrected chi connectivity index (χ0v) is 12.8. The van der Waals surface area contributed by atoms with Crippen LogP contribution in [0.4, 0.5) is 0 Å². The molecule has 2 aromatic rings. The summed E-state index contributed by atoms with van der Waals surface area (Å²) in [5.41, 5.74) is 0.979. The highest BCUT2D eigenvalue weighted by molar-refractivity contribution is 7.16. The van der Waals surface area contributed by atoms with Gasteiger partial charge in [-0.25, -0.2) is 0 Å². The number of methoxy groups -OCH3 is 1. The molecule has 2 rings (SSSR count). The molecule has 0 amide bonds. The van der Waals surface area contributed by atoms with Crippen LogP contribution >= 0.6 is 22.9 Å². The molecule has 2 aromatic heterocycles. The van der Waals surface area contributed by atoms with Crippen LogP contribution in [0.3, 0.4) is 0 Å². The molecule has 0 saturated carbocycles. The van der Waals surface area contributed by atoms with Gasteiger partial charge < -0.3 is 14.8 Å². The van der Waals surface area contributed by atoms with Crippen LogP contribution < -0.4 is 10.1 Å². The Bertz CT molecular complexity index is 516. The Kier molecular flexibility index (Phi) is 6.26. The Morgan fingerprint density at radius 3 is 2.85 bits per heavy atom. The quantitative estimate of drug-likeness (QED) is 0.761. The molecule has 0 bridgehead atoms. The third kappa shape index (κ3) is 5.09. The molecule has 0 aromatic carbocycles. The minimum absolute atomic E-state index is 0.518. The van der Waals surface area contributed by atoms with Crippen molar-refractivity contribution in [2.45, 2.75) is 13.2 Å². The third-order valence-corrected chi connectivity index (χ3v) is 3.80. The van der Waals surface area contributed by atoms with E-state index in [0.717, 1.165) is 33.7 Å². The Balaban J connectivity index is 1.76. The number of hydrogen-bond acceptors (Lipinski definition) is 5. The normalized spacial score (nSPS) is 10.7. The Labute approximate surface area is 127 Å². The van der Waals surface area contributed by atoms with Crippen LogP contribution in [0.15, 0.2) is 30.5 Å². The third-order valence-electron chi connectivity index (χ3n) is 2.60. The van der Waals surface area contributed by atoms with Gasteiger partial charge in [0.2, 0.25) is 0 Å². The van der Waals surface area contributed by atoms with E-state index in [4.69, 9.17) is 21.1 Å². The van der Waals surface area contributed by atoms with Crippen molar-refractivity contribution >= 4 is 22.9 Å². The lowest BCUT2D eigenvalue weighted by Gasteiger charge is -2.06. The summed E-state index contributed by atoms with van der Waals surface area (Å²) in [6, 6.07) is 7.72. The topological polar surface area (TPSA) is 43.4 Å². The first kappa shape index (κ1) is 15.3. The highest BCUT2D eigenvalue weighted by Gasteiger charge is 2.01. The molecule has 6 heteroatoms. The van der Waals surface area contributed by atoms with E-state index in [0.29, 0.717) is 13.2 Å². The number of halogens is 1. The SMILES string of the molecule is COCCNCc1ccc(OCc2ccc(Cl)s2)cn1. The van der Waals surface area contributed by atoms with Crippen LogP contribution in [0.25, 0.3) is 0 Å². The molecule has 0 spiro atoms. The zero-order chi connectivity index (χ0) is 14.2. The van der Waals surface area contributed by atoms with E-state index < -0.39 is 0 Å². The second kappa shape index (κ2) is 8.21. The average molecular weight is 313 g/mol. The summed E-state index contributed by atoms with van der Waals surface area (Å²) in [4.78, 5) is 5.44. The summed E-state index contributed by atoms with van der Waals surface area (Å²) < 4.78 is 11.4. The maximum Gasteiger partial charge on any atom is 0.138 e. The Hall–Kier alpha value is -1.14. The summed E-state index contributed by atoms with van der Waals surface area (Å²) in [5.74, 6) is 0.759. The molecule has 2 heterocycles. The van der Waals surface area contributed by atoms with Crippen LogP contribution in [0.2, 0.25) is 4.34 Å². The fourth-order valence-electron chi connectivity index (χ4n) is 1.58. The van der Waals surface area contributed by atoms with Crippen molar-refractivity contribution in [1.29, 1.82) is 0 Å². The highest BCUT2D eigenvalue weighted by atomic mass is 35.5. The summed E-state index contributed by atoms with van der Waals surface area (Å²) in [6.07, 6.45) is 1.74. The molecular formula is C14H17ClN2O2S. The van der Waals surface area contributed by atoms with E-state index >= 15 is 0 Å². The molecule has 108 valence electrons. The van der Waals surface area contributed by atoms with Gasteiger partial charge in [0.15, 0.2) is 0 Å². The lowest BCUT2D eigenvalue weighted by atomic mass is 10.3. The predicted molar refractivity (Wildman–Crippen MR) is 81.5 cm³/mol. The average Bonchev–Trinajstić information content (AvgIpc) is 2.88. The molecular weight excluding hydrogens is 296 g/mol. The molecule has 0 saturated heterocycles. The van der Waals surface area contributed by atoms with Gasteiger partial charge in [-0.3, -0.25) is 4.98 Å². The summed E-state index contributed by atoms with van der Waals surface area (Å²) in [6.45, 7) is 2.76. The molecule has 0 aliphatic rings. The van der Waals surface area contributed by atoms with Gasteiger partial charge in [0, 0.05) is 25.1 Å². The fraction of sp³-hybridized carbons (Fsp3) is 0.357. The summed E-state index contributed by atoms with van der Waals surface area (Å²) in [7, 11) is 1.69. The van der Waals surface area contributed by atoms with E-state index in [1.807, 2.05) is 24.3 Å². The van der Waals surface area contributed by atoms with Gasteiger partial charge in [-0.15, -0.1) is 11.3 Å². The molecule has 4 nitrogen and oxygen atoms in total. The second-order valence-electron chi connectivity index (χ2n) is 4.15. The number of nitrogens with one attached hydrogen (secondary N) is 1. The first-order valence-corrected chi connectivity index (χ1v) is 7.49. The van der Waals surface area contributed by atoms with Crippen LogP contribution in [-0.4, -0.2) is 25.2 Å². The number of nitrogens with zero attached hydrogens (tertiary/aromatic N) is 1. The van der Waals surface area contributed by atoms with Crippen LogP contribution in [0.1, 0.15) is 10.6 Å². The number of pyridine rings is 1. The Morgan fingerprint density at radius 2 is 2.20 bits per heavy atom. The fourth-order valence-corrected chi connectivity index (χ4v) is 2.58. The standard InChI is InChI=1S/C14H17ClN2O2S/c1-18-7-6-16-8-11-2-3-12(9-17-11)19-10-13-4-5-14(15)20-13/h2-5,9,16H,6-8,10H2,1H3. The number of hydrogen-bond donors (Lipinski definition) is 1. The second-order valence-corrected chi connectivity index (χ2v) is 5.95. The molecule has 0 radical (unpaired) electrons. The van der Waals surface area contributed by atoms with Gasteiger partial charge >= 0.3 is 0 Å². The molecule has 1 N–H and O–H groups in total. The molecule has 0 fully saturated rings. The van der Waals surface area contributed by atoms with E-state index in [1.165, 1.54) is 11.3 Å². The monoisotopic (exact) mass is 312 g/mol. The van der Waals surface area contributed by atoms with E-state index in [-0.39, 0.29) is 0 Å². The number of ether oxygens (including phenoxy) is 2. The lowest BCUT2D eigenvalue weighted by Crippen LogP contribution is -2.19. The number of rotatable bonds is 8. The van der Waals surface area contributed by atoms with Gasteiger partial charge in [-0.05, 0) is 24.3 Å². The minimum Gasteiger partial charge on any atom is -0.486 e. The number of aromatic nitrogens is 1. The molecule has 20 heavy (non-hydrogen) atoms. The van der Waals surface area contributed by atoms with E-state index in [1.54, 1.807) is 13.3 Å². The van der Waals surface area contributed by atoms with Gasteiger partial charge in [0.25, 0.3) is 0 Å². The van der Waals surface area contributed by atoms with Gasteiger partial charge in [0.1, 0.15) is 12.4 Å². The smallest absolute Gasteiger partial charge is 0.138 e.